The number of nitrogens with one attached hydrogen (secondary N) is 1. The van der Waals surface area contributed by atoms with Gasteiger partial charge in [0, 0.05) is 24.2 Å². The zero-order valence-corrected chi connectivity index (χ0v) is 12.0. The highest BCUT2D eigenvalue weighted by Crippen LogP contribution is 2.31. The monoisotopic (exact) mass is 285 g/mol. The molecule has 1 aromatic heterocycles. The molecule has 3 rings (SSSR count). The minimum absolute atomic E-state index is 0.0356. The van der Waals surface area contributed by atoms with E-state index in [1.54, 1.807) is 6.07 Å². The second-order valence-electron chi connectivity index (χ2n) is 5.65. The van der Waals surface area contributed by atoms with Crippen LogP contribution in [0.25, 0.3) is 11.3 Å². The van der Waals surface area contributed by atoms with Crippen molar-refractivity contribution in [2.45, 2.75) is 25.8 Å². The van der Waals surface area contributed by atoms with Crippen molar-refractivity contribution in [1.82, 2.24) is 10.5 Å². The number of hydrogen-bond acceptors (Lipinski definition) is 4. The lowest BCUT2D eigenvalue weighted by Crippen LogP contribution is -2.38. The maximum atomic E-state index is 12.0. The predicted octanol–water partition coefficient (Wildman–Crippen LogP) is 2.12. The van der Waals surface area contributed by atoms with Crippen molar-refractivity contribution in [3.63, 3.8) is 0 Å². The largest absolute Gasteiger partial charge is 0.350 e. The van der Waals surface area contributed by atoms with E-state index >= 15 is 0 Å². The van der Waals surface area contributed by atoms with Gasteiger partial charge in [-0.3, -0.25) is 4.79 Å². The van der Waals surface area contributed by atoms with Gasteiger partial charge in [0.05, 0.1) is 0 Å². The lowest BCUT2D eigenvalue weighted by atomic mass is 10.1. The SMILES string of the molecule is Cc1ccc(-c2cc(C(=O)NCC(N)C3CC3)on2)cc1. The minimum Gasteiger partial charge on any atom is -0.350 e. The molecule has 0 spiro atoms. The van der Waals surface area contributed by atoms with Gasteiger partial charge in [-0.25, -0.2) is 0 Å². The molecule has 1 aromatic carbocycles. The van der Waals surface area contributed by atoms with Crippen LogP contribution in [-0.4, -0.2) is 23.7 Å². The Morgan fingerprint density at radius 1 is 1.43 bits per heavy atom. The first kappa shape index (κ1) is 13.8. The van der Waals surface area contributed by atoms with Gasteiger partial charge in [-0.15, -0.1) is 0 Å². The van der Waals surface area contributed by atoms with E-state index in [0.29, 0.717) is 18.2 Å². The summed E-state index contributed by atoms with van der Waals surface area (Å²) in [5.41, 5.74) is 8.72. The van der Waals surface area contributed by atoms with Gasteiger partial charge in [0.15, 0.2) is 0 Å². The van der Waals surface area contributed by atoms with Crippen molar-refractivity contribution in [3.05, 3.63) is 41.7 Å². The first-order valence-electron chi connectivity index (χ1n) is 7.21. The van der Waals surface area contributed by atoms with E-state index < -0.39 is 0 Å². The molecule has 1 aliphatic carbocycles. The van der Waals surface area contributed by atoms with Crippen LogP contribution in [0.3, 0.4) is 0 Å². The van der Waals surface area contributed by atoms with Crippen LogP contribution in [0.5, 0.6) is 0 Å². The first-order chi connectivity index (χ1) is 10.1. The molecule has 3 N–H and O–H groups in total. The standard InChI is InChI=1S/C16H19N3O2/c1-10-2-4-12(5-3-10)14-8-15(21-19-14)16(20)18-9-13(17)11-6-7-11/h2-5,8,11,13H,6-7,9,17H2,1H3,(H,18,20). The predicted molar refractivity (Wildman–Crippen MR) is 79.7 cm³/mol. The Bertz CT molecular complexity index is 629. The lowest BCUT2D eigenvalue weighted by molar-refractivity contribution is 0.0913. The molecular formula is C16H19N3O2. The molecule has 1 heterocycles. The number of aromatic nitrogens is 1. The van der Waals surface area contributed by atoms with Crippen molar-refractivity contribution >= 4 is 5.91 Å². The van der Waals surface area contributed by atoms with Crippen LogP contribution in [-0.2, 0) is 0 Å². The van der Waals surface area contributed by atoms with Gasteiger partial charge in [0.25, 0.3) is 5.91 Å². The minimum atomic E-state index is -0.267. The number of nitrogens with two attached hydrogens (primary N) is 1. The fourth-order valence-electron chi connectivity index (χ4n) is 2.23. The molecule has 0 saturated heterocycles. The van der Waals surface area contributed by atoms with Crippen molar-refractivity contribution in [2.75, 3.05) is 6.54 Å². The summed E-state index contributed by atoms with van der Waals surface area (Å²) >= 11 is 0. The molecule has 0 bridgehead atoms. The number of aryl methyl sites for hydroxylation is 1. The number of carbonyl (C=O) groups excluding carboxylic acids is 1. The van der Waals surface area contributed by atoms with Gasteiger partial charge in [0.1, 0.15) is 5.69 Å². The van der Waals surface area contributed by atoms with Gasteiger partial charge in [0.2, 0.25) is 5.76 Å². The Kier molecular flexibility index (Phi) is 3.75. The summed E-state index contributed by atoms with van der Waals surface area (Å²) in [4.78, 5) is 12.0. The molecule has 1 unspecified atom stereocenters. The topological polar surface area (TPSA) is 81.2 Å². The Labute approximate surface area is 123 Å². The summed E-state index contributed by atoms with van der Waals surface area (Å²) in [6.45, 7) is 2.50. The van der Waals surface area contributed by atoms with Crippen molar-refractivity contribution < 1.29 is 9.32 Å². The third kappa shape index (κ3) is 3.31. The molecule has 1 fully saturated rings. The molecule has 0 aliphatic heterocycles. The average Bonchev–Trinajstić information content (AvgIpc) is 3.23. The highest BCUT2D eigenvalue weighted by Gasteiger charge is 2.28. The maximum Gasteiger partial charge on any atom is 0.289 e. The Morgan fingerprint density at radius 2 is 2.14 bits per heavy atom. The lowest BCUT2D eigenvalue weighted by Gasteiger charge is -2.09. The van der Waals surface area contributed by atoms with E-state index in [1.165, 1.54) is 5.56 Å². The second kappa shape index (κ2) is 5.69. The van der Waals surface area contributed by atoms with Crippen LogP contribution in [0.15, 0.2) is 34.9 Å². The fourth-order valence-corrected chi connectivity index (χ4v) is 2.23. The molecule has 1 saturated carbocycles. The van der Waals surface area contributed by atoms with Gasteiger partial charge >= 0.3 is 0 Å². The normalized spacial score (nSPS) is 15.7. The highest BCUT2D eigenvalue weighted by molar-refractivity contribution is 5.92. The van der Waals surface area contributed by atoms with Gasteiger partial charge in [-0.1, -0.05) is 35.0 Å². The van der Waals surface area contributed by atoms with Crippen LogP contribution < -0.4 is 11.1 Å². The number of nitrogens with zero attached hydrogens (tertiary/aromatic N) is 1. The average molecular weight is 285 g/mol. The first-order valence-corrected chi connectivity index (χ1v) is 7.21. The molecule has 5 heteroatoms. The Morgan fingerprint density at radius 3 is 2.81 bits per heavy atom. The number of amides is 1. The quantitative estimate of drug-likeness (QED) is 0.881. The van der Waals surface area contributed by atoms with Crippen LogP contribution in [0, 0.1) is 12.8 Å². The molecule has 1 atom stereocenters. The van der Waals surface area contributed by atoms with Crippen LogP contribution in [0.2, 0.25) is 0 Å². The van der Waals surface area contributed by atoms with Crippen molar-refractivity contribution in [2.24, 2.45) is 11.7 Å². The van der Waals surface area contributed by atoms with Gasteiger partial charge in [-0.2, -0.15) is 0 Å². The van der Waals surface area contributed by atoms with Crippen molar-refractivity contribution in [1.29, 1.82) is 0 Å². The van der Waals surface area contributed by atoms with E-state index in [0.717, 1.165) is 18.4 Å². The van der Waals surface area contributed by atoms with Crippen LogP contribution >= 0.6 is 0 Å². The molecular weight excluding hydrogens is 266 g/mol. The Balaban J connectivity index is 1.63. The summed E-state index contributed by atoms with van der Waals surface area (Å²) in [6, 6.07) is 9.60. The number of hydrogen-bond donors (Lipinski definition) is 2. The van der Waals surface area contributed by atoms with E-state index in [2.05, 4.69) is 10.5 Å². The maximum absolute atomic E-state index is 12.0. The van der Waals surface area contributed by atoms with E-state index in [9.17, 15) is 4.79 Å². The summed E-state index contributed by atoms with van der Waals surface area (Å²) in [6.07, 6.45) is 2.33. The highest BCUT2D eigenvalue weighted by atomic mass is 16.5. The van der Waals surface area contributed by atoms with E-state index in [4.69, 9.17) is 10.3 Å². The summed E-state index contributed by atoms with van der Waals surface area (Å²) in [5, 5.41) is 6.74. The summed E-state index contributed by atoms with van der Waals surface area (Å²) < 4.78 is 5.12. The molecule has 1 amide bonds. The number of benzene rings is 1. The van der Waals surface area contributed by atoms with E-state index in [1.807, 2.05) is 31.2 Å². The molecule has 21 heavy (non-hydrogen) atoms. The molecule has 110 valence electrons. The smallest absolute Gasteiger partial charge is 0.289 e. The van der Waals surface area contributed by atoms with Crippen molar-refractivity contribution in [3.8, 4) is 11.3 Å². The third-order valence-corrected chi connectivity index (χ3v) is 3.81. The molecule has 1 aliphatic rings. The molecule has 2 aromatic rings. The van der Waals surface area contributed by atoms with Crippen LogP contribution in [0.1, 0.15) is 29.0 Å². The third-order valence-electron chi connectivity index (χ3n) is 3.81. The second-order valence-corrected chi connectivity index (χ2v) is 5.65. The summed E-state index contributed by atoms with van der Waals surface area (Å²) in [7, 11) is 0. The zero-order chi connectivity index (χ0) is 14.8. The number of carbonyl (C=O) groups is 1. The Hall–Kier alpha value is -2.14. The van der Waals surface area contributed by atoms with E-state index in [-0.39, 0.29) is 17.7 Å². The molecule has 5 nitrogen and oxygen atoms in total. The van der Waals surface area contributed by atoms with Gasteiger partial charge < -0.3 is 15.6 Å². The molecule has 0 radical (unpaired) electrons. The zero-order valence-electron chi connectivity index (χ0n) is 12.0. The number of rotatable bonds is 5. The summed E-state index contributed by atoms with van der Waals surface area (Å²) in [5.74, 6) is 0.508. The van der Waals surface area contributed by atoms with Gasteiger partial charge in [-0.05, 0) is 25.7 Å². The fraction of sp³-hybridized carbons (Fsp3) is 0.375. The van der Waals surface area contributed by atoms with Crippen LogP contribution in [0.4, 0.5) is 0 Å².